The van der Waals surface area contributed by atoms with Crippen molar-refractivity contribution in [1.82, 2.24) is 10.2 Å². The predicted octanol–water partition coefficient (Wildman–Crippen LogP) is 0.682. The number of hydrogen-bond donors (Lipinski definition) is 2. The van der Waals surface area contributed by atoms with E-state index < -0.39 is 0 Å². The van der Waals surface area contributed by atoms with Crippen molar-refractivity contribution in [3.63, 3.8) is 0 Å². The Hall–Kier alpha value is -1.95. The van der Waals surface area contributed by atoms with Gasteiger partial charge in [0, 0.05) is 13.1 Å². The Kier molecular flexibility index (Phi) is 5.89. The van der Waals surface area contributed by atoms with E-state index in [0.29, 0.717) is 19.5 Å². The van der Waals surface area contributed by atoms with Crippen LogP contribution in [-0.2, 0) is 16.0 Å². The van der Waals surface area contributed by atoms with Crippen molar-refractivity contribution in [2.24, 2.45) is 11.7 Å². The van der Waals surface area contributed by atoms with E-state index in [9.17, 15) is 14.0 Å². The molecule has 0 saturated carbocycles. The van der Waals surface area contributed by atoms with Crippen molar-refractivity contribution in [2.75, 3.05) is 26.2 Å². The van der Waals surface area contributed by atoms with Crippen LogP contribution in [0.25, 0.3) is 0 Å². The van der Waals surface area contributed by atoms with Crippen molar-refractivity contribution in [3.05, 3.63) is 35.6 Å². The number of carbonyl (C=O) groups excluding carboxylic acids is 2. The van der Waals surface area contributed by atoms with Crippen LogP contribution in [0.4, 0.5) is 4.39 Å². The first kappa shape index (κ1) is 16.4. The Morgan fingerprint density at radius 1 is 1.32 bits per heavy atom. The molecule has 5 nitrogen and oxygen atoms in total. The van der Waals surface area contributed by atoms with Crippen molar-refractivity contribution in [2.45, 2.75) is 19.3 Å². The van der Waals surface area contributed by atoms with Gasteiger partial charge in [-0.25, -0.2) is 4.39 Å². The summed E-state index contributed by atoms with van der Waals surface area (Å²) in [6.07, 6.45) is 2.35. The highest BCUT2D eigenvalue weighted by Gasteiger charge is 2.24. The molecule has 6 heteroatoms. The summed E-state index contributed by atoms with van der Waals surface area (Å²) in [5.74, 6) is -0.767. The van der Waals surface area contributed by atoms with Crippen LogP contribution in [0.1, 0.15) is 18.4 Å². The maximum Gasteiger partial charge on any atom is 0.234 e. The highest BCUT2D eigenvalue weighted by atomic mass is 19.1. The van der Waals surface area contributed by atoms with Gasteiger partial charge in [0.05, 0.1) is 12.5 Å². The maximum atomic E-state index is 12.8. The van der Waals surface area contributed by atoms with E-state index in [4.69, 9.17) is 5.73 Å². The minimum absolute atomic E-state index is 0.0627. The number of amides is 2. The highest BCUT2D eigenvalue weighted by Crippen LogP contribution is 2.15. The topological polar surface area (TPSA) is 75.4 Å². The van der Waals surface area contributed by atoms with Gasteiger partial charge in [-0.15, -0.1) is 0 Å². The summed E-state index contributed by atoms with van der Waals surface area (Å²) < 4.78 is 12.8. The molecule has 22 heavy (non-hydrogen) atoms. The van der Waals surface area contributed by atoms with E-state index >= 15 is 0 Å². The molecule has 2 amide bonds. The fourth-order valence-electron chi connectivity index (χ4n) is 2.69. The van der Waals surface area contributed by atoms with E-state index in [-0.39, 0.29) is 30.1 Å². The summed E-state index contributed by atoms with van der Waals surface area (Å²) >= 11 is 0. The molecule has 1 saturated heterocycles. The number of piperidine rings is 1. The zero-order valence-corrected chi connectivity index (χ0v) is 12.6. The monoisotopic (exact) mass is 307 g/mol. The number of nitrogens with zero attached hydrogens (tertiary/aromatic N) is 1. The SMILES string of the molecule is NC(=O)[C@@H]1CCCN(CC(=O)NCCc2ccc(F)cc2)C1. The second-order valence-corrected chi connectivity index (χ2v) is 5.70. The molecule has 1 aliphatic rings. The third kappa shape index (κ3) is 5.11. The van der Waals surface area contributed by atoms with Crippen molar-refractivity contribution >= 4 is 11.8 Å². The average molecular weight is 307 g/mol. The minimum Gasteiger partial charge on any atom is -0.369 e. The summed E-state index contributed by atoms with van der Waals surface area (Å²) in [5.41, 5.74) is 6.30. The summed E-state index contributed by atoms with van der Waals surface area (Å²) in [4.78, 5) is 25.1. The van der Waals surface area contributed by atoms with Crippen LogP contribution >= 0.6 is 0 Å². The van der Waals surface area contributed by atoms with Crippen LogP contribution < -0.4 is 11.1 Å². The molecule has 0 aliphatic carbocycles. The van der Waals surface area contributed by atoms with Gasteiger partial charge in [0.25, 0.3) is 0 Å². The number of benzene rings is 1. The van der Waals surface area contributed by atoms with E-state index in [0.717, 1.165) is 24.9 Å². The first-order chi connectivity index (χ1) is 10.5. The third-order valence-corrected chi connectivity index (χ3v) is 3.92. The Labute approximate surface area is 129 Å². The Bertz CT molecular complexity index is 519. The van der Waals surface area contributed by atoms with Crippen molar-refractivity contribution in [3.8, 4) is 0 Å². The number of nitrogens with one attached hydrogen (secondary N) is 1. The van der Waals surface area contributed by atoms with Gasteiger partial charge in [-0.3, -0.25) is 14.5 Å². The lowest BCUT2D eigenvalue weighted by Crippen LogP contribution is -2.45. The Balaban J connectivity index is 1.69. The zero-order valence-electron chi connectivity index (χ0n) is 12.6. The lowest BCUT2D eigenvalue weighted by Gasteiger charge is -2.30. The molecule has 1 aliphatic heterocycles. The first-order valence-corrected chi connectivity index (χ1v) is 7.57. The summed E-state index contributed by atoms with van der Waals surface area (Å²) in [6, 6.07) is 6.25. The Morgan fingerprint density at radius 3 is 2.73 bits per heavy atom. The molecule has 2 rings (SSSR count). The maximum absolute atomic E-state index is 12.8. The number of likely N-dealkylation sites (tertiary alicyclic amines) is 1. The molecule has 0 spiro atoms. The molecule has 0 aromatic heterocycles. The van der Waals surface area contributed by atoms with Crippen molar-refractivity contribution in [1.29, 1.82) is 0 Å². The predicted molar refractivity (Wildman–Crippen MR) is 81.5 cm³/mol. The second-order valence-electron chi connectivity index (χ2n) is 5.70. The number of rotatable bonds is 6. The normalized spacial score (nSPS) is 18.9. The number of carbonyl (C=O) groups is 2. The van der Waals surface area contributed by atoms with Crippen molar-refractivity contribution < 1.29 is 14.0 Å². The quantitative estimate of drug-likeness (QED) is 0.811. The number of hydrogen-bond acceptors (Lipinski definition) is 3. The summed E-state index contributed by atoms with van der Waals surface area (Å²) in [7, 11) is 0. The molecule has 1 aromatic carbocycles. The fraction of sp³-hybridized carbons (Fsp3) is 0.500. The molecule has 1 aromatic rings. The average Bonchev–Trinajstić information content (AvgIpc) is 2.49. The number of primary amides is 1. The van der Waals surface area contributed by atoms with E-state index in [1.54, 1.807) is 12.1 Å². The van der Waals surface area contributed by atoms with E-state index in [1.165, 1.54) is 12.1 Å². The molecule has 1 atom stereocenters. The number of halogens is 1. The van der Waals surface area contributed by atoms with Gasteiger partial charge in [-0.2, -0.15) is 0 Å². The number of nitrogens with two attached hydrogens (primary N) is 1. The molecule has 0 bridgehead atoms. The lowest BCUT2D eigenvalue weighted by molar-refractivity contribution is -0.126. The van der Waals surface area contributed by atoms with Gasteiger partial charge < -0.3 is 11.1 Å². The van der Waals surface area contributed by atoms with Gasteiger partial charge >= 0.3 is 0 Å². The molecule has 0 unspecified atom stereocenters. The van der Waals surface area contributed by atoms with Crippen LogP contribution in [0.5, 0.6) is 0 Å². The lowest BCUT2D eigenvalue weighted by atomic mass is 9.97. The molecule has 3 N–H and O–H groups in total. The molecular weight excluding hydrogens is 285 g/mol. The standard InChI is InChI=1S/C16H22FN3O2/c17-14-5-3-12(4-6-14)7-8-19-15(21)11-20-9-1-2-13(10-20)16(18)22/h3-6,13H,1-2,7-11H2,(H2,18,22)(H,19,21)/t13-/m1/s1. The molecular formula is C16H22FN3O2. The fourth-order valence-corrected chi connectivity index (χ4v) is 2.69. The summed E-state index contributed by atoms with van der Waals surface area (Å²) in [6.45, 7) is 2.17. The third-order valence-electron chi connectivity index (χ3n) is 3.92. The largest absolute Gasteiger partial charge is 0.369 e. The van der Waals surface area contributed by atoms with Gasteiger partial charge in [-0.1, -0.05) is 12.1 Å². The van der Waals surface area contributed by atoms with Gasteiger partial charge in [-0.05, 0) is 43.5 Å². The van der Waals surface area contributed by atoms with Gasteiger partial charge in [0.2, 0.25) is 11.8 Å². The molecule has 1 fully saturated rings. The molecule has 1 heterocycles. The van der Waals surface area contributed by atoms with Gasteiger partial charge in [0.15, 0.2) is 0 Å². The second kappa shape index (κ2) is 7.89. The molecule has 0 radical (unpaired) electrons. The van der Waals surface area contributed by atoms with Crippen LogP contribution in [0, 0.1) is 11.7 Å². The molecule has 120 valence electrons. The van der Waals surface area contributed by atoms with Crippen LogP contribution in [0.15, 0.2) is 24.3 Å². The van der Waals surface area contributed by atoms with E-state index in [1.807, 2.05) is 4.90 Å². The smallest absolute Gasteiger partial charge is 0.234 e. The van der Waals surface area contributed by atoms with Crippen LogP contribution in [0.3, 0.4) is 0 Å². The summed E-state index contributed by atoms with van der Waals surface area (Å²) in [5, 5.41) is 2.85. The zero-order chi connectivity index (χ0) is 15.9. The first-order valence-electron chi connectivity index (χ1n) is 7.57. The highest BCUT2D eigenvalue weighted by molar-refractivity contribution is 5.79. The Morgan fingerprint density at radius 2 is 2.05 bits per heavy atom. The minimum atomic E-state index is -0.290. The van der Waals surface area contributed by atoms with E-state index in [2.05, 4.69) is 5.32 Å². The van der Waals surface area contributed by atoms with Crippen LogP contribution in [0.2, 0.25) is 0 Å². The van der Waals surface area contributed by atoms with Crippen LogP contribution in [-0.4, -0.2) is 42.9 Å². The van der Waals surface area contributed by atoms with Gasteiger partial charge in [0.1, 0.15) is 5.82 Å².